The summed E-state index contributed by atoms with van der Waals surface area (Å²) in [4.78, 5) is 2.37. The maximum Gasteiger partial charge on any atom is 0.0922 e. The first-order valence-corrected chi connectivity index (χ1v) is 7.63. The van der Waals surface area contributed by atoms with Gasteiger partial charge in [0.05, 0.1) is 6.10 Å². The highest BCUT2D eigenvalue weighted by Gasteiger charge is 2.12. The van der Waals surface area contributed by atoms with Crippen LogP contribution in [0.1, 0.15) is 52.3 Å². The van der Waals surface area contributed by atoms with Crippen LogP contribution in [0.4, 0.5) is 0 Å². The third-order valence-corrected chi connectivity index (χ3v) is 4.84. The van der Waals surface area contributed by atoms with E-state index in [1.807, 2.05) is 0 Å². The molecule has 1 aromatic heterocycles. The highest BCUT2D eigenvalue weighted by Crippen LogP contribution is 2.28. The molecule has 2 heteroatoms. The third kappa shape index (κ3) is 3.46. The van der Waals surface area contributed by atoms with E-state index < -0.39 is 0 Å². The Balaban J connectivity index is 2.08. The SMILES string of the molecule is Cc1cc(C(O)Cc2ccc(C(C)C)cc2)sc1C. The second-order valence-electron chi connectivity index (χ2n) is 5.50. The van der Waals surface area contributed by atoms with Crippen molar-refractivity contribution in [1.29, 1.82) is 0 Å². The van der Waals surface area contributed by atoms with E-state index in [-0.39, 0.29) is 6.10 Å². The summed E-state index contributed by atoms with van der Waals surface area (Å²) in [5.74, 6) is 0.557. The number of aliphatic hydroxyl groups excluding tert-OH is 1. The Morgan fingerprint density at radius 2 is 1.74 bits per heavy atom. The topological polar surface area (TPSA) is 20.2 Å². The van der Waals surface area contributed by atoms with Crippen LogP contribution in [0.3, 0.4) is 0 Å². The number of aliphatic hydroxyl groups is 1. The Labute approximate surface area is 119 Å². The fourth-order valence-corrected chi connectivity index (χ4v) is 3.16. The summed E-state index contributed by atoms with van der Waals surface area (Å²) in [6.07, 6.45) is 0.305. The van der Waals surface area contributed by atoms with Crippen molar-refractivity contribution in [1.82, 2.24) is 0 Å². The molecule has 1 aromatic carbocycles. The molecule has 0 bridgehead atoms. The van der Waals surface area contributed by atoms with Crippen LogP contribution >= 0.6 is 11.3 Å². The fourth-order valence-electron chi connectivity index (χ4n) is 2.13. The van der Waals surface area contributed by atoms with E-state index in [1.165, 1.54) is 21.6 Å². The molecule has 0 fully saturated rings. The molecule has 1 atom stereocenters. The second kappa shape index (κ2) is 5.89. The van der Waals surface area contributed by atoms with Crippen LogP contribution in [0, 0.1) is 13.8 Å². The fraction of sp³-hybridized carbons (Fsp3) is 0.412. The van der Waals surface area contributed by atoms with Crippen LogP contribution in [0.25, 0.3) is 0 Å². The van der Waals surface area contributed by atoms with E-state index in [0.717, 1.165) is 4.88 Å². The highest BCUT2D eigenvalue weighted by atomic mass is 32.1. The maximum atomic E-state index is 10.3. The number of hydrogen-bond acceptors (Lipinski definition) is 2. The van der Waals surface area contributed by atoms with Crippen molar-refractivity contribution in [2.45, 2.75) is 46.1 Å². The lowest BCUT2D eigenvalue weighted by molar-refractivity contribution is 0.182. The summed E-state index contributed by atoms with van der Waals surface area (Å²) in [5.41, 5.74) is 3.82. The first-order valence-electron chi connectivity index (χ1n) is 6.81. The van der Waals surface area contributed by atoms with Gasteiger partial charge in [-0.05, 0) is 42.5 Å². The molecule has 102 valence electrons. The van der Waals surface area contributed by atoms with Crippen LogP contribution in [0.5, 0.6) is 0 Å². The Morgan fingerprint density at radius 1 is 1.11 bits per heavy atom. The van der Waals surface area contributed by atoms with Gasteiger partial charge in [0.1, 0.15) is 0 Å². The summed E-state index contributed by atoms with van der Waals surface area (Å²) < 4.78 is 0. The molecule has 0 spiro atoms. The van der Waals surface area contributed by atoms with Crippen LogP contribution in [-0.2, 0) is 6.42 Å². The first-order chi connectivity index (χ1) is 8.97. The Morgan fingerprint density at radius 3 is 2.21 bits per heavy atom. The maximum absolute atomic E-state index is 10.3. The zero-order chi connectivity index (χ0) is 14.0. The molecule has 1 nitrogen and oxygen atoms in total. The Hall–Kier alpha value is -1.12. The number of hydrogen-bond donors (Lipinski definition) is 1. The molecule has 0 aliphatic carbocycles. The van der Waals surface area contributed by atoms with Crippen molar-refractivity contribution in [3.63, 3.8) is 0 Å². The van der Waals surface area contributed by atoms with Gasteiger partial charge in [-0.3, -0.25) is 0 Å². The lowest BCUT2D eigenvalue weighted by Gasteiger charge is -2.10. The normalized spacial score (nSPS) is 12.9. The molecule has 0 saturated carbocycles. The summed E-state index contributed by atoms with van der Waals surface area (Å²) in [6.45, 7) is 8.59. The van der Waals surface area contributed by atoms with Gasteiger partial charge in [0, 0.05) is 16.2 Å². The van der Waals surface area contributed by atoms with Crippen molar-refractivity contribution in [3.8, 4) is 0 Å². The minimum absolute atomic E-state index is 0.387. The molecule has 0 radical (unpaired) electrons. The van der Waals surface area contributed by atoms with Gasteiger partial charge in [-0.2, -0.15) is 0 Å². The number of benzene rings is 1. The van der Waals surface area contributed by atoms with Crippen molar-refractivity contribution >= 4 is 11.3 Å². The van der Waals surface area contributed by atoms with Crippen molar-refractivity contribution < 1.29 is 5.11 Å². The van der Waals surface area contributed by atoms with Gasteiger partial charge in [0.15, 0.2) is 0 Å². The summed E-state index contributed by atoms with van der Waals surface area (Å²) in [7, 11) is 0. The van der Waals surface area contributed by atoms with Gasteiger partial charge < -0.3 is 5.11 Å². The summed E-state index contributed by atoms with van der Waals surface area (Å²) >= 11 is 1.70. The van der Waals surface area contributed by atoms with E-state index in [9.17, 15) is 5.11 Å². The van der Waals surface area contributed by atoms with Crippen molar-refractivity contribution in [2.24, 2.45) is 0 Å². The van der Waals surface area contributed by atoms with Gasteiger partial charge in [-0.15, -0.1) is 11.3 Å². The number of thiophene rings is 1. The molecule has 1 unspecified atom stereocenters. The van der Waals surface area contributed by atoms with Crippen molar-refractivity contribution in [3.05, 3.63) is 56.8 Å². The van der Waals surface area contributed by atoms with Gasteiger partial charge in [-0.1, -0.05) is 38.1 Å². The van der Waals surface area contributed by atoms with Gasteiger partial charge >= 0.3 is 0 Å². The average Bonchev–Trinajstić information content (AvgIpc) is 2.70. The molecule has 2 rings (SSSR count). The molecule has 0 amide bonds. The van der Waals surface area contributed by atoms with Crippen LogP contribution < -0.4 is 0 Å². The smallest absolute Gasteiger partial charge is 0.0922 e. The van der Waals surface area contributed by atoms with Gasteiger partial charge in [0.25, 0.3) is 0 Å². The van der Waals surface area contributed by atoms with Gasteiger partial charge in [-0.25, -0.2) is 0 Å². The molecule has 0 aliphatic heterocycles. The molecule has 1 N–H and O–H groups in total. The summed E-state index contributed by atoms with van der Waals surface area (Å²) in [6, 6.07) is 10.7. The molecule has 1 heterocycles. The molecular weight excluding hydrogens is 252 g/mol. The number of aryl methyl sites for hydroxylation is 2. The van der Waals surface area contributed by atoms with E-state index >= 15 is 0 Å². The quantitative estimate of drug-likeness (QED) is 0.852. The second-order valence-corrected chi connectivity index (χ2v) is 6.79. The predicted octanol–water partition coefficient (Wildman–Crippen LogP) is 4.76. The third-order valence-electron chi connectivity index (χ3n) is 3.59. The minimum Gasteiger partial charge on any atom is -0.387 e. The van der Waals surface area contributed by atoms with E-state index in [4.69, 9.17) is 0 Å². The van der Waals surface area contributed by atoms with Crippen LogP contribution in [-0.4, -0.2) is 5.11 Å². The average molecular weight is 274 g/mol. The minimum atomic E-state index is -0.387. The Bertz CT molecular complexity index is 517. The molecular formula is C17H22OS. The van der Waals surface area contributed by atoms with Crippen LogP contribution in [0.2, 0.25) is 0 Å². The Kier molecular flexibility index (Phi) is 4.43. The lowest BCUT2D eigenvalue weighted by Crippen LogP contribution is -2.00. The highest BCUT2D eigenvalue weighted by molar-refractivity contribution is 7.12. The monoisotopic (exact) mass is 274 g/mol. The predicted molar refractivity (Wildman–Crippen MR) is 83.0 cm³/mol. The summed E-state index contributed by atoms with van der Waals surface area (Å²) in [5, 5.41) is 10.3. The molecule has 19 heavy (non-hydrogen) atoms. The van der Waals surface area contributed by atoms with E-state index in [2.05, 4.69) is 58.0 Å². The zero-order valence-corrected chi connectivity index (χ0v) is 12.9. The van der Waals surface area contributed by atoms with E-state index in [0.29, 0.717) is 12.3 Å². The number of rotatable bonds is 4. The molecule has 0 aliphatic rings. The molecule has 2 aromatic rings. The first kappa shape index (κ1) is 14.3. The molecule has 0 saturated heterocycles. The van der Waals surface area contributed by atoms with Gasteiger partial charge in [0.2, 0.25) is 0 Å². The largest absolute Gasteiger partial charge is 0.387 e. The van der Waals surface area contributed by atoms with E-state index in [1.54, 1.807) is 11.3 Å². The van der Waals surface area contributed by atoms with Crippen molar-refractivity contribution in [2.75, 3.05) is 0 Å². The standard InChI is InChI=1S/C17H22OS/c1-11(2)15-7-5-14(6-8-15)10-16(18)17-9-12(3)13(4)19-17/h5-9,11,16,18H,10H2,1-4H3. The lowest BCUT2D eigenvalue weighted by atomic mass is 9.99. The zero-order valence-electron chi connectivity index (χ0n) is 12.1. The van der Waals surface area contributed by atoms with Crippen LogP contribution in [0.15, 0.2) is 30.3 Å².